The van der Waals surface area contributed by atoms with Gasteiger partial charge in [-0.3, -0.25) is 4.79 Å². The first-order valence-electron chi connectivity index (χ1n) is 6.43. The number of hydrogen-bond acceptors (Lipinski definition) is 5. The van der Waals surface area contributed by atoms with Crippen molar-refractivity contribution in [2.45, 2.75) is 45.8 Å². The molecular weight excluding hydrogens is 248 g/mol. The first-order chi connectivity index (χ1) is 8.70. The van der Waals surface area contributed by atoms with Crippen LogP contribution in [0.15, 0.2) is 5.10 Å². The van der Waals surface area contributed by atoms with Crippen LogP contribution in [0.3, 0.4) is 0 Å². The van der Waals surface area contributed by atoms with E-state index in [9.17, 15) is 14.7 Å². The second-order valence-corrected chi connectivity index (χ2v) is 6.21. The fraction of sp³-hybridized carbons (Fsp3) is 0.769. The normalized spacial score (nSPS) is 27.2. The minimum absolute atomic E-state index is 0.00162. The maximum absolute atomic E-state index is 12.2. The van der Waals surface area contributed by atoms with Crippen LogP contribution in [-0.4, -0.2) is 40.5 Å². The molecule has 1 saturated carbocycles. The van der Waals surface area contributed by atoms with E-state index in [0.29, 0.717) is 0 Å². The van der Waals surface area contributed by atoms with E-state index in [1.165, 1.54) is 7.11 Å². The summed E-state index contributed by atoms with van der Waals surface area (Å²) in [6, 6.07) is 0. The first-order valence-corrected chi connectivity index (χ1v) is 6.43. The molecule has 1 fully saturated rings. The zero-order valence-electron chi connectivity index (χ0n) is 11.8. The lowest BCUT2D eigenvalue weighted by Gasteiger charge is -2.41. The number of carbonyl (C=O) groups is 2. The van der Waals surface area contributed by atoms with E-state index in [1.807, 2.05) is 20.8 Å². The Labute approximate surface area is 112 Å². The van der Waals surface area contributed by atoms with Crippen molar-refractivity contribution in [1.29, 1.82) is 0 Å². The van der Waals surface area contributed by atoms with E-state index in [1.54, 1.807) is 0 Å². The van der Waals surface area contributed by atoms with Crippen molar-refractivity contribution in [3.63, 3.8) is 0 Å². The molecule has 2 rings (SSSR count). The molecule has 6 nitrogen and oxygen atoms in total. The van der Waals surface area contributed by atoms with Crippen LogP contribution in [0.2, 0.25) is 0 Å². The van der Waals surface area contributed by atoms with Crippen molar-refractivity contribution in [2.24, 2.45) is 16.4 Å². The molecule has 1 amide bonds. The predicted molar refractivity (Wildman–Crippen MR) is 68.0 cm³/mol. The molecule has 1 heterocycles. The molecule has 1 aliphatic carbocycles. The molecule has 0 aromatic heterocycles. The van der Waals surface area contributed by atoms with Crippen molar-refractivity contribution in [3.05, 3.63) is 0 Å². The Bertz CT molecular complexity index is 448. The topological polar surface area (TPSA) is 79.2 Å². The third-order valence-corrected chi connectivity index (χ3v) is 3.74. The molecule has 1 atom stereocenters. The Morgan fingerprint density at radius 2 is 2.00 bits per heavy atom. The third kappa shape index (κ3) is 2.25. The Hall–Kier alpha value is -1.43. The van der Waals surface area contributed by atoms with Crippen molar-refractivity contribution in [2.75, 3.05) is 7.11 Å². The van der Waals surface area contributed by atoms with Gasteiger partial charge in [-0.05, 0) is 12.8 Å². The SMILES string of the molecule is COC(=O)C1=NN(C(=O)C2CC2)[C@@](O)(C(C)(C)C)C1. The van der Waals surface area contributed by atoms with Crippen LogP contribution in [0.1, 0.15) is 40.0 Å². The molecule has 0 radical (unpaired) electrons. The van der Waals surface area contributed by atoms with Crippen LogP contribution in [0, 0.1) is 11.3 Å². The van der Waals surface area contributed by atoms with Crippen LogP contribution >= 0.6 is 0 Å². The molecule has 0 spiro atoms. The van der Waals surface area contributed by atoms with Gasteiger partial charge in [-0.25, -0.2) is 9.80 Å². The summed E-state index contributed by atoms with van der Waals surface area (Å²) in [5, 5.41) is 15.9. The van der Waals surface area contributed by atoms with Gasteiger partial charge in [0.2, 0.25) is 5.91 Å². The number of rotatable bonds is 2. The lowest BCUT2D eigenvalue weighted by Crippen LogP contribution is -2.55. The number of esters is 1. The summed E-state index contributed by atoms with van der Waals surface area (Å²) in [5.74, 6) is -0.889. The maximum Gasteiger partial charge on any atom is 0.354 e. The number of hydrazone groups is 1. The summed E-state index contributed by atoms with van der Waals surface area (Å²) in [5.41, 5.74) is -2.00. The van der Waals surface area contributed by atoms with Gasteiger partial charge >= 0.3 is 5.97 Å². The van der Waals surface area contributed by atoms with Gasteiger partial charge in [-0.1, -0.05) is 20.8 Å². The molecular formula is C13H20N2O4. The van der Waals surface area contributed by atoms with E-state index in [4.69, 9.17) is 0 Å². The predicted octanol–water partition coefficient (Wildman–Crippen LogP) is 0.892. The highest BCUT2D eigenvalue weighted by molar-refractivity contribution is 6.37. The highest BCUT2D eigenvalue weighted by Crippen LogP contribution is 2.43. The van der Waals surface area contributed by atoms with Crippen molar-refractivity contribution < 1.29 is 19.4 Å². The Balaban J connectivity index is 2.34. The average molecular weight is 268 g/mol. The van der Waals surface area contributed by atoms with E-state index < -0.39 is 17.1 Å². The number of aliphatic hydroxyl groups is 1. The molecule has 0 bridgehead atoms. The summed E-state index contributed by atoms with van der Waals surface area (Å²) in [7, 11) is 1.26. The summed E-state index contributed by atoms with van der Waals surface area (Å²) in [6.07, 6.45) is 1.64. The number of hydrogen-bond donors (Lipinski definition) is 1. The highest BCUT2D eigenvalue weighted by atomic mass is 16.5. The van der Waals surface area contributed by atoms with Crippen LogP contribution in [0.5, 0.6) is 0 Å². The molecule has 0 aromatic carbocycles. The van der Waals surface area contributed by atoms with Gasteiger partial charge < -0.3 is 9.84 Å². The van der Waals surface area contributed by atoms with Gasteiger partial charge in [0.15, 0.2) is 11.4 Å². The Morgan fingerprint density at radius 1 is 1.42 bits per heavy atom. The lowest BCUT2D eigenvalue weighted by atomic mass is 9.80. The molecule has 0 saturated heterocycles. The van der Waals surface area contributed by atoms with E-state index >= 15 is 0 Å². The summed E-state index contributed by atoms with van der Waals surface area (Å²) < 4.78 is 4.63. The van der Waals surface area contributed by atoms with Crippen LogP contribution in [-0.2, 0) is 14.3 Å². The van der Waals surface area contributed by atoms with Crippen molar-refractivity contribution >= 4 is 17.6 Å². The van der Waals surface area contributed by atoms with Gasteiger partial charge in [0.25, 0.3) is 0 Å². The zero-order valence-corrected chi connectivity index (χ0v) is 11.8. The molecule has 106 valence electrons. The van der Waals surface area contributed by atoms with Gasteiger partial charge in [0.1, 0.15) is 0 Å². The van der Waals surface area contributed by atoms with Gasteiger partial charge in [-0.15, -0.1) is 0 Å². The first kappa shape index (κ1) is 14.0. The second kappa shape index (κ2) is 4.30. The monoisotopic (exact) mass is 268 g/mol. The number of carbonyl (C=O) groups excluding carboxylic acids is 2. The van der Waals surface area contributed by atoms with Crippen molar-refractivity contribution in [3.8, 4) is 0 Å². The van der Waals surface area contributed by atoms with Crippen LogP contribution in [0.25, 0.3) is 0 Å². The second-order valence-electron chi connectivity index (χ2n) is 6.21. The third-order valence-electron chi connectivity index (χ3n) is 3.74. The van der Waals surface area contributed by atoms with E-state index in [-0.39, 0.29) is 24.0 Å². The molecule has 1 N–H and O–H groups in total. The Morgan fingerprint density at radius 3 is 2.42 bits per heavy atom. The molecule has 1 aliphatic heterocycles. The largest absolute Gasteiger partial charge is 0.464 e. The molecule has 2 aliphatic rings. The fourth-order valence-corrected chi connectivity index (χ4v) is 2.10. The number of nitrogens with zero attached hydrogens (tertiary/aromatic N) is 2. The number of amides is 1. The van der Waals surface area contributed by atoms with Gasteiger partial charge in [0, 0.05) is 17.8 Å². The van der Waals surface area contributed by atoms with E-state index in [0.717, 1.165) is 17.9 Å². The summed E-state index contributed by atoms with van der Waals surface area (Å²) >= 11 is 0. The minimum atomic E-state index is -1.48. The average Bonchev–Trinajstić information content (AvgIpc) is 3.09. The van der Waals surface area contributed by atoms with Gasteiger partial charge in [0.05, 0.1) is 7.11 Å². The Kier molecular flexibility index (Phi) is 3.16. The summed E-state index contributed by atoms with van der Waals surface area (Å²) in [4.78, 5) is 23.8. The standard InChI is InChI=1S/C13H20N2O4/c1-12(2,3)13(18)7-9(11(17)19-4)14-15(13)10(16)8-5-6-8/h8,18H,5-7H2,1-4H3/t13-/m0/s1. The summed E-state index contributed by atoms with van der Waals surface area (Å²) in [6.45, 7) is 5.45. The van der Waals surface area contributed by atoms with Crippen LogP contribution in [0.4, 0.5) is 0 Å². The fourth-order valence-electron chi connectivity index (χ4n) is 2.10. The highest BCUT2D eigenvalue weighted by Gasteiger charge is 2.55. The van der Waals surface area contributed by atoms with Crippen LogP contribution < -0.4 is 0 Å². The van der Waals surface area contributed by atoms with Gasteiger partial charge in [-0.2, -0.15) is 5.10 Å². The minimum Gasteiger partial charge on any atom is -0.464 e. The van der Waals surface area contributed by atoms with E-state index in [2.05, 4.69) is 9.84 Å². The smallest absolute Gasteiger partial charge is 0.354 e. The lowest BCUT2D eigenvalue weighted by molar-refractivity contribution is -0.183. The maximum atomic E-state index is 12.2. The molecule has 0 aromatic rings. The zero-order chi connectivity index (χ0) is 14.4. The van der Waals surface area contributed by atoms with Crippen molar-refractivity contribution in [1.82, 2.24) is 5.01 Å². The number of methoxy groups -OCH3 is 1. The quantitative estimate of drug-likeness (QED) is 0.754. The number of ether oxygens (including phenoxy) is 1. The molecule has 6 heteroatoms. The molecule has 19 heavy (non-hydrogen) atoms. The molecule has 0 unspecified atom stereocenters.